The molecule has 1 fully saturated rings. The van der Waals surface area contributed by atoms with Crippen LogP contribution in [0.4, 0.5) is 0 Å². The molecule has 1 aliphatic rings. The van der Waals surface area contributed by atoms with Crippen LogP contribution in [0.5, 0.6) is 0 Å². The van der Waals surface area contributed by atoms with E-state index in [1.165, 1.54) is 27.5 Å². The highest BCUT2D eigenvalue weighted by Crippen LogP contribution is 2.23. The van der Waals surface area contributed by atoms with E-state index in [0.717, 1.165) is 18.7 Å². The van der Waals surface area contributed by atoms with Gasteiger partial charge in [0, 0.05) is 36.0 Å². The van der Waals surface area contributed by atoms with Crippen molar-refractivity contribution in [3.63, 3.8) is 0 Å². The summed E-state index contributed by atoms with van der Waals surface area (Å²) in [5.41, 5.74) is 6.36. The fourth-order valence-corrected chi connectivity index (χ4v) is 4.49. The second kappa shape index (κ2) is 7.02. The molecule has 8 heteroatoms. The van der Waals surface area contributed by atoms with Crippen LogP contribution in [0.15, 0.2) is 22.4 Å². The van der Waals surface area contributed by atoms with Gasteiger partial charge in [-0.25, -0.2) is 4.98 Å². The Labute approximate surface area is 142 Å². The van der Waals surface area contributed by atoms with Gasteiger partial charge in [-0.2, -0.15) is 0 Å². The number of likely N-dealkylation sites (tertiary alicyclic amines) is 1. The largest absolute Gasteiger partial charge is 0.339 e. The lowest BCUT2D eigenvalue weighted by atomic mass is 10.1. The molecule has 0 saturated carbocycles. The van der Waals surface area contributed by atoms with E-state index in [1.807, 2.05) is 10.3 Å². The molecule has 2 atom stereocenters. The van der Waals surface area contributed by atoms with Crippen LogP contribution in [-0.2, 0) is 10.5 Å². The number of carbonyl (C=O) groups is 1. The fourth-order valence-electron chi connectivity index (χ4n) is 2.95. The number of thiazole rings is 1. The Morgan fingerprint density at radius 3 is 3.13 bits per heavy atom. The summed E-state index contributed by atoms with van der Waals surface area (Å²) in [6.07, 6.45) is 2.71. The molecule has 2 N–H and O–H groups in total. The summed E-state index contributed by atoms with van der Waals surface area (Å²) < 4.78 is 1.53. The quantitative estimate of drug-likeness (QED) is 0.874. The Bertz CT molecular complexity index is 757. The molecule has 1 aliphatic heterocycles. The highest BCUT2D eigenvalue weighted by Gasteiger charge is 2.31. The van der Waals surface area contributed by atoms with Gasteiger partial charge in [-0.15, -0.1) is 23.1 Å². The summed E-state index contributed by atoms with van der Waals surface area (Å²) in [5, 5.41) is 1.84. The van der Waals surface area contributed by atoms with E-state index in [9.17, 15) is 9.59 Å². The minimum atomic E-state index is -0.0721. The zero-order valence-electron chi connectivity index (χ0n) is 13.0. The summed E-state index contributed by atoms with van der Waals surface area (Å²) in [4.78, 5) is 31.3. The molecule has 6 nitrogen and oxygen atoms in total. The third-order valence-electron chi connectivity index (χ3n) is 4.15. The first kappa shape index (κ1) is 16.5. The Hall–Kier alpha value is -1.38. The molecule has 23 heavy (non-hydrogen) atoms. The average molecular weight is 352 g/mol. The van der Waals surface area contributed by atoms with Crippen LogP contribution < -0.4 is 11.3 Å². The Kier molecular flexibility index (Phi) is 5.03. The normalized spacial score (nSPS) is 21.2. The second-order valence-corrected chi connectivity index (χ2v) is 7.73. The number of fused-ring (bicyclic) bond motifs is 1. The van der Waals surface area contributed by atoms with Crippen LogP contribution >= 0.6 is 23.1 Å². The van der Waals surface area contributed by atoms with Gasteiger partial charge in [0.25, 0.3) is 5.56 Å². The van der Waals surface area contributed by atoms with Gasteiger partial charge in [0.2, 0.25) is 5.91 Å². The molecule has 0 spiro atoms. The van der Waals surface area contributed by atoms with Gasteiger partial charge >= 0.3 is 0 Å². The molecule has 0 radical (unpaired) electrons. The van der Waals surface area contributed by atoms with Gasteiger partial charge in [0.1, 0.15) is 0 Å². The predicted octanol–water partition coefficient (Wildman–Crippen LogP) is 1.18. The van der Waals surface area contributed by atoms with Crippen LogP contribution in [0.1, 0.15) is 19.0 Å². The second-order valence-electron chi connectivity index (χ2n) is 5.87. The van der Waals surface area contributed by atoms with Crippen LogP contribution in [0, 0.1) is 5.92 Å². The van der Waals surface area contributed by atoms with Gasteiger partial charge < -0.3 is 10.6 Å². The van der Waals surface area contributed by atoms with Crippen molar-refractivity contribution >= 4 is 34.0 Å². The molecule has 1 amide bonds. The van der Waals surface area contributed by atoms with Crippen LogP contribution in [0.3, 0.4) is 0 Å². The maximum absolute atomic E-state index is 12.3. The Morgan fingerprint density at radius 1 is 1.57 bits per heavy atom. The molecule has 3 rings (SSSR count). The number of nitrogens with zero attached hydrogens (tertiary/aromatic N) is 3. The highest BCUT2D eigenvalue weighted by molar-refractivity contribution is 7.99. The molecule has 0 aliphatic carbocycles. The predicted molar refractivity (Wildman–Crippen MR) is 93.8 cm³/mol. The minimum absolute atomic E-state index is 0.0721. The highest BCUT2D eigenvalue weighted by atomic mass is 32.2. The van der Waals surface area contributed by atoms with Gasteiger partial charge in [-0.1, -0.05) is 0 Å². The lowest BCUT2D eigenvalue weighted by Gasteiger charge is -2.21. The van der Waals surface area contributed by atoms with Crippen molar-refractivity contribution in [1.82, 2.24) is 14.3 Å². The first-order chi connectivity index (χ1) is 11.1. The van der Waals surface area contributed by atoms with Crippen molar-refractivity contribution in [1.29, 1.82) is 0 Å². The van der Waals surface area contributed by atoms with Crippen LogP contribution in [0.2, 0.25) is 0 Å². The summed E-state index contributed by atoms with van der Waals surface area (Å²) in [6.45, 7) is 3.47. The molecule has 0 bridgehead atoms. The van der Waals surface area contributed by atoms with Crippen LogP contribution in [0.25, 0.3) is 4.96 Å². The van der Waals surface area contributed by atoms with Crippen molar-refractivity contribution in [3.05, 3.63) is 33.7 Å². The topological polar surface area (TPSA) is 80.7 Å². The number of nitrogens with two attached hydrogens (primary N) is 1. The maximum Gasteiger partial charge on any atom is 0.258 e. The summed E-state index contributed by atoms with van der Waals surface area (Å²) in [7, 11) is 0. The van der Waals surface area contributed by atoms with Gasteiger partial charge in [0.05, 0.1) is 11.4 Å². The minimum Gasteiger partial charge on any atom is -0.339 e. The molecule has 3 heterocycles. The number of hydrogen-bond donors (Lipinski definition) is 1. The average Bonchev–Trinajstić information content (AvgIpc) is 3.13. The van der Waals surface area contributed by atoms with Gasteiger partial charge in [0.15, 0.2) is 4.96 Å². The van der Waals surface area contributed by atoms with Crippen molar-refractivity contribution in [2.75, 3.05) is 18.8 Å². The van der Waals surface area contributed by atoms with E-state index in [4.69, 9.17) is 5.73 Å². The monoisotopic (exact) mass is 352 g/mol. The number of amides is 1. The zero-order valence-corrected chi connectivity index (χ0v) is 14.6. The van der Waals surface area contributed by atoms with E-state index < -0.39 is 0 Å². The molecule has 2 unspecified atom stereocenters. The number of aromatic nitrogens is 2. The summed E-state index contributed by atoms with van der Waals surface area (Å²) >= 11 is 2.94. The lowest BCUT2D eigenvalue weighted by molar-refractivity contribution is -0.128. The van der Waals surface area contributed by atoms with E-state index >= 15 is 0 Å². The standard InChI is InChI=1S/C15H20N4O2S2/c1-10-4-11(6-16)7-19(10)14(21)9-22-8-12-5-13(20)18-2-3-23-15(18)17-12/h2-3,5,10-11H,4,6-9,16H2,1H3. The van der Waals surface area contributed by atoms with Crippen LogP contribution in [-0.4, -0.2) is 45.1 Å². The van der Waals surface area contributed by atoms with E-state index in [1.54, 1.807) is 12.3 Å². The van der Waals surface area contributed by atoms with Crippen molar-refractivity contribution in [2.45, 2.75) is 25.1 Å². The molecule has 1 saturated heterocycles. The number of thioether (sulfide) groups is 1. The molecular weight excluding hydrogens is 332 g/mol. The first-order valence-corrected chi connectivity index (χ1v) is 9.65. The van der Waals surface area contributed by atoms with E-state index in [2.05, 4.69) is 11.9 Å². The molecule has 0 aromatic carbocycles. The van der Waals surface area contributed by atoms with Crippen molar-refractivity contribution < 1.29 is 4.79 Å². The summed E-state index contributed by atoms with van der Waals surface area (Å²) in [6, 6.07) is 1.81. The number of carbonyl (C=O) groups excluding carboxylic acids is 1. The Balaban J connectivity index is 1.56. The molecule has 2 aromatic heterocycles. The smallest absolute Gasteiger partial charge is 0.258 e. The number of rotatable bonds is 5. The zero-order chi connectivity index (χ0) is 16.4. The SMILES string of the molecule is CC1CC(CN)CN1C(=O)CSCc1cc(=O)n2ccsc2n1. The van der Waals surface area contributed by atoms with Gasteiger partial charge in [-0.3, -0.25) is 14.0 Å². The van der Waals surface area contributed by atoms with E-state index in [-0.39, 0.29) is 17.5 Å². The Morgan fingerprint density at radius 2 is 2.39 bits per heavy atom. The fraction of sp³-hybridized carbons (Fsp3) is 0.533. The van der Waals surface area contributed by atoms with E-state index in [0.29, 0.717) is 28.9 Å². The molecular formula is C15H20N4O2S2. The lowest BCUT2D eigenvalue weighted by Crippen LogP contribution is -2.35. The third kappa shape index (κ3) is 3.59. The summed E-state index contributed by atoms with van der Waals surface area (Å²) in [5.74, 6) is 1.54. The van der Waals surface area contributed by atoms with Crippen molar-refractivity contribution in [3.8, 4) is 0 Å². The molecule has 124 valence electrons. The maximum atomic E-state index is 12.3. The van der Waals surface area contributed by atoms with Gasteiger partial charge in [-0.05, 0) is 25.8 Å². The number of hydrogen-bond acceptors (Lipinski definition) is 6. The third-order valence-corrected chi connectivity index (χ3v) is 5.85. The first-order valence-electron chi connectivity index (χ1n) is 7.61. The van der Waals surface area contributed by atoms with Crippen molar-refractivity contribution in [2.24, 2.45) is 11.7 Å². The molecule has 2 aromatic rings.